The first-order valence-electron chi connectivity index (χ1n) is 6.34. The summed E-state index contributed by atoms with van der Waals surface area (Å²) in [6.45, 7) is 0.638. The number of rotatable bonds is 6. The average molecular weight is 326 g/mol. The van der Waals surface area contributed by atoms with Gasteiger partial charge in [-0.3, -0.25) is 0 Å². The van der Waals surface area contributed by atoms with E-state index in [-0.39, 0.29) is 4.90 Å². The Bertz CT molecular complexity index is 697. The van der Waals surface area contributed by atoms with Gasteiger partial charge in [-0.1, -0.05) is 0 Å². The fourth-order valence-electron chi connectivity index (χ4n) is 1.75. The van der Waals surface area contributed by atoms with Gasteiger partial charge >= 0.3 is 0 Å². The zero-order chi connectivity index (χ0) is 15.5. The summed E-state index contributed by atoms with van der Waals surface area (Å²) in [5.41, 5.74) is 9.81. The number of nitrogens with one attached hydrogen (secondary N) is 1. The van der Waals surface area contributed by atoms with Crippen LogP contribution in [0.4, 0.5) is 11.4 Å². The highest BCUT2D eigenvalue weighted by atomic mass is 32.2. The van der Waals surface area contributed by atoms with Crippen LogP contribution in [0.15, 0.2) is 34.0 Å². The normalized spacial score (nSPS) is 11.8. The van der Waals surface area contributed by atoms with Crippen LogP contribution in [0, 0.1) is 0 Å². The zero-order valence-corrected chi connectivity index (χ0v) is 13.5. The first-order chi connectivity index (χ1) is 9.91. The van der Waals surface area contributed by atoms with Crippen LogP contribution < -0.4 is 11.1 Å². The molecule has 114 valence electrons. The van der Waals surface area contributed by atoms with Crippen LogP contribution >= 0.6 is 11.3 Å². The van der Waals surface area contributed by atoms with Crippen molar-refractivity contribution in [1.82, 2.24) is 9.29 Å². The molecule has 0 saturated carbocycles. The molecule has 0 unspecified atom stereocenters. The Morgan fingerprint density at radius 3 is 2.76 bits per heavy atom. The fourth-order valence-corrected chi connectivity index (χ4v) is 3.27. The molecule has 0 radical (unpaired) electrons. The molecule has 6 nitrogen and oxygen atoms in total. The first kappa shape index (κ1) is 15.7. The van der Waals surface area contributed by atoms with Gasteiger partial charge in [-0.05, 0) is 18.2 Å². The van der Waals surface area contributed by atoms with Gasteiger partial charge in [0.25, 0.3) is 0 Å². The maximum absolute atomic E-state index is 12.1. The lowest BCUT2D eigenvalue weighted by Gasteiger charge is -2.14. The second kappa shape index (κ2) is 6.42. The standard InChI is InChI=1S/C13H18N4O2S2/c1-17(2)21(18,19)11-3-4-12(14)13(7-11)15-6-5-10-8-20-9-16-10/h3-4,7-9,15H,5-6,14H2,1-2H3. The lowest BCUT2D eigenvalue weighted by Crippen LogP contribution is -2.22. The van der Waals surface area contributed by atoms with Crippen molar-refractivity contribution in [3.8, 4) is 0 Å². The molecular formula is C13H18N4O2S2. The molecule has 0 spiro atoms. The van der Waals surface area contributed by atoms with Crippen LogP contribution in [-0.2, 0) is 16.4 Å². The van der Waals surface area contributed by atoms with Crippen molar-refractivity contribution >= 4 is 32.7 Å². The van der Waals surface area contributed by atoms with Gasteiger partial charge in [0, 0.05) is 32.4 Å². The van der Waals surface area contributed by atoms with E-state index in [9.17, 15) is 8.42 Å². The SMILES string of the molecule is CN(C)S(=O)(=O)c1ccc(N)c(NCCc2cscn2)c1. The van der Waals surface area contributed by atoms with Crippen molar-refractivity contribution in [2.75, 3.05) is 31.7 Å². The quantitative estimate of drug-likeness (QED) is 0.788. The van der Waals surface area contributed by atoms with E-state index < -0.39 is 10.0 Å². The van der Waals surface area contributed by atoms with E-state index in [1.54, 1.807) is 29.0 Å². The van der Waals surface area contributed by atoms with E-state index >= 15 is 0 Å². The van der Waals surface area contributed by atoms with Gasteiger partial charge in [0.15, 0.2) is 0 Å². The highest BCUT2D eigenvalue weighted by Crippen LogP contribution is 2.24. The predicted molar refractivity (Wildman–Crippen MR) is 86.0 cm³/mol. The van der Waals surface area contributed by atoms with Gasteiger partial charge in [-0.25, -0.2) is 17.7 Å². The van der Waals surface area contributed by atoms with E-state index in [0.29, 0.717) is 17.9 Å². The lowest BCUT2D eigenvalue weighted by molar-refractivity contribution is 0.521. The Labute approximate surface area is 128 Å². The maximum Gasteiger partial charge on any atom is 0.242 e. The number of hydrogen-bond acceptors (Lipinski definition) is 6. The van der Waals surface area contributed by atoms with Crippen molar-refractivity contribution < 1.29 is 8.42 Å². The summed E-state index contributed by atoms with van der Waals surface area (Å²) in [4.78, 5) is 4.41. The summed E-state index contributed by atoms with van der Waals surface area (Å²) in [5, 5.41) is 5.14. The number of nitrogen functional groups attached to an aromatic ring is 1. The molecule has 0 aliphatic heterocycles. The monoisotopic (exact) mass is 326 g/mol. The van der Waals surface area contributed by atoms with E-state index in [1.165, 1.54) is 24.5 Å². The number of benzene rings is 1. The molecule has 1 heterocycles. The Morgan fingerprint density at radius 1 is 1.38 bits per heavy atom. The summed E-state index contributed by atoms with van der Waals surface area (Å²) in [6, 6.07) is 4.67. The van der Waals surface area contributed by atoms with Crippen molar-refractivity contribution in [3.05, 3.63) is 34.8 Å². The molecule has 0 fully saturated rings. The van der Waals surface area contributed by atoms with Crippen LogP contribution in [0.3, 0.4) is 0 Å². The Morgan fingerprint density at radius 2 is 2.14 bits per heavy atom. The molecule has 0 aliphatic rings. The highest BCUT2D eigenvalue weighted by molar-refractivity contribution is 7.89. The third kappa shape index (κ3) is 3.72. The molecule has 1 aromatic carbocycles. The number of aromatic nitrogens is 1. The van der Waals surface area contributed by atoms with E-state index in [0.717, 1.165) is 12.1 Å². The minimum Gasteiger partial charge on any atom is -0.397 e. The molecular weight excluding hydrogens is 308 g/mol. The largest absolute Gasteiger partial charge is 0.397 e. The molecule has 8 heteroatoms. The number of anilines is 2. The summed E-state index contributed by atoms with van der Waals surface area (Å²) in [6.07, 6.45) is 0.758. The second-order valence-electron chi connectivity index (χ2n) is 4.69. The molecule has 0 bridgehead atoms. The Hall–Kier alpha value is -1.64. The Balaban J connectivity index is 2.12. The van der Waals surface area contributed by atoms with Gasteiger partial charge < -0.3 is 11.1 Å². The summed E-state index contributed by atoms with van der Waals surface area (Å²) in [7, 11) is -0.455. The fraction of sp³-hybridized carbons (Fsp3) is 0.308. The Kier molecular flexibility index (Phi) is 4.81. The van der Waals surface area contributed by atoms with Crippen molar-refractivity contribution in [2.45, 2.75) is 11.3 Å². The summed E-state index contributed by atoms with van der Waals surface area (Å²) >= 11 is 1.55. The van der Waals surface area contributed by atoms with Gasteiger partial charge in [0.1, 0.15) is 0 Å². The molecule has 0 saturated heterocycles. The molecule has 21 heavy (non-hydrogen) atoms. The van der Waals surface area contributed by atoms with Crippen molar-refractivity contribution in [3.63, 3.8) is 0 Å². The van der Waals surface area contributed by atoms with Crippen LogP contribution in [0.1, 0.15) is 5.69 Å². The third-order valence-corrected chi connectivity index (χ3v) is 5.43. The number of sulfonamides is 1. The number of thiazole rings is 1. The van der Waals surface area contributed by atoms with Crippen LogP contribution in [0.25, 0.3) is 0 Å². The summed E-state index contributed by atoms with van der Waals surface area (Å²) < 4.78 is 25.4. The van der Waals surface area contributed by atoms with Gasteiger partial charge in [-0.2, -0.15) is 0 Å². The maximum atomic E-state index is 12.1. The van der Waals surface area contributed by atoms with Crippen LogP contribution in [0.5, 0.6) is 0 Å². The van der Waals surface area contributed by atoms with Gasteiger partial charge in [0.2, 0.25) is 10.0 Å². The molecule has 0 amide bonds. The summed E-state index contributed by atoms with van der Waals surface area (Å²) in [5.74, 6) is 0. The molecule has 3 N–H and O–H groups in total. The minimum atomic E-state index is -3.46. The molecule has 0 aliphatic carbocycles. The number of hydrogen-bond donors (Lipinski definition) is 2. The van der Waals surface area contributed by atoms with E-state index in [2.05, 4.69) is 10.3 Å². The third-order valence-electron chi connectivity index (χ3n) is 2.98. The second-order valence-corrected chi connectivity index (χ2v) is 7.56. The smallest absolute Gasteiger partial charge is 0.242 e. The minimum absolute atomic E-state index is 0.220. The number of nitrogens with two attached hydrogens (primary N) is 1. The van der Waals surface area contributed by atoms with Crippen LogP contribution in [-0.4, -0.2) is 38.3 Å². The van der Waals surface area contributed by atoms with Crippen molar-refractivity contribution in [2.24, 2.45) is 0 Å². The van der Waals surface area contributed by atoms with Crippen molar-refractivity contribution in [1.29, 1.82) is 0 Å². The van der Waals surface area contributed by atoms with E-state index in [1.807, 2.05) is 5.38 Å². The topological polar surface area (TPSA) is 88.3 Å². The highest BCUT2D eigenvalue weighted by Gasteiger charge is 2.18. The first-order valence-corrected chi connectivity index (χ1v) is 8.72. The molecule has 2 aromatic rings. The molecule has 0 atom stereocenters. The average Bonchev–Trinajstić information content (AvgIpc) is 2.93. The lowest BCUT2D eigenvalue weighted by atomic mass is 10.2. The van der Waals surface area contributed by atoms with Crippen LogP contribution in [0.2, 0.25) is 0 Å². The molecule has 1 aromatic heterocycles. The van der Waals surface area contributed by atoms with Gasteiger partial charge in [0.05, 0.1) is 27.5 Å². The van der Waals surface area contributed by atoms with E-state index in [4.69, 9.17) is 5.73 Å². The predicted octanol–water partition coefficient (Wildman–Crippen LogP) is 1.63. The number of nitrogens with zero attached hydrogens (tertiary/aromatic N) is 2. The molecule has 2 rings (SSSR count). The van der Waals surface area contributed by atoms with Gasteiger partial charge in [-0.15, -0.1) is 11.3 Å². The zero-order valence-electron chi connectivity index (χ0n) is 11.9.